The molecule has 5 heteroatoms. The fourth-order valence-corrected chi connectivity index (χ4v) is 0.763. The minimum atomic E-state index is -1.56. The molecular weight excluding hydrogens is 118 g/mol. The first kappa shape index (κ1) is 5.33. The average Bonchev–Trinajstić information content (AvgIpc) is 1.84. The molecule has 0 spiro atoms. The van der Waals surface area contributed by atoms with Gasteiger partial charge in [-0.15, -0.1) is 0 Å². The molecule has 0 aromatic rings. The number of hydroxylamine groups is 2. The third-order valence-corrected chi connectivity index (χ3v) is 1.30. The van der Waals surface area contributed by atoms with Gasteiger partial charge in [0.15, 0.2) is 0 Å². The molecule has 0 radical (unpaired) electrons. The molecule has 1 heterocycles. The molecule has 0 amide bonds. The van der Waals surface area contributed by atoms with E-state index in [1.807, 2.05) is 0 Å². The third-order valence-electron chi connectivity index (χ3n) is 0.615. The van der Waals surface area contributed by atoms with E-state index in [1.54, 1.807) is 0 Å². The molecule has 0 aromatic carbocycles. The maximum atomic E-state index is 10.1. The predicted octanol–water partition coefficient (Wildman–Crippen LogP) is 0.392. The monoisotopic (exact) mass is 122 g/mol. The van der Waals surface area contributed by atoms with Gasteiger partial charge in [0, 0.05) is 0 Å². The Bertz CT molecular complexity index is 67.3. The van der Waals surface area contributed by atoms with Crippen molar-refractivity contribution in [2.45, 2.75) is 0 Å². The van der Waals surface area contributed by atoms with E-state index >= 15 is 0 Å². The standard InChI is InChI=1S/C2H4NO3S/c4-3(5)1-2-6-7-3/h1-2H2/q-1. The Morgan fingerprint density at radius 3 is 2.43 bits per heavy atom. The summed E-state index contributed by atoms with van der Waals surface area (Å²) in [6.07, 6.45) is 0. The van der Waals surface area contributed by atoms with E-state index in [-0.39, 0.29) is 13.2 Å². The van der Waals surface area contributed by atoms with Crippen LogP contribution in [0.5, 0.6) is 0 Å². The first-order valence-corrected chi connectivity index (χ1v) is 2.52. The zero-order valence-corrected chi connectivity index (χ0v) is 4.31. The normalized spacial score (nSPS) is 28.3. The maximum Gasteiger partial charge on any atom is 0.248 e. The van der Waals surface area contributed by atoms with Crippen LogP contribution in [-0.2, 0) is 4.18 Å². The van der Waals surface area contributed by atoms with Gasteiger partial charge < -0.3 is 14.6 Å². The molecule has 4 nitrogen and oxygen atoms in total. The summed E-state index contributed by atoms with van der Waals surface area (Å²) in [5, 5.41) is 20.2. The highest BCUT2D eigenvalue weighted by molar-refractivity contribution is 7.89. The Morgan fingerprint density at radius 1 is 1.57 bits per heavy atom. The first-order valence-electron chi connectivity index (χ1n) is 1.82. The summed E-state index contributed by atoms with van der Waals surface area (Å²) < 4.78 is 2.87. The summed E-state index contributed by atoms with van der Waals surface area (Å²) in [6.45, 7) is 0.294. The number of quaternary nitrogens is 1. The highest BCUT2D eigenvalue weighted by Crippen LogP contribution is 2.25. The third kappa shape index (κ3) is 1.29. The number of nitrogens with zero attached hydrogens (tertiary/aromatic N) is 1. The lowest BCUT2D eigenvalue weighted by atomic mass is 10.7. The van der Waals surface area contributed by atoms with Gasteiger partial charge in [0.25, 0.3) is 0 Å². The highest BCUT2D eigenvalue weighted by Gasteiger charge is 2.16. The van der Waals surface area contributed by atoms with E-state index in [2.05, 4.69) is 4.18 Å². The summed E-state index contributed by atoms with van der Waals surface area (Å²) in [7, 11) is 0. The largest absolute Gasteiger partial charge is 0.617 e. The molecule has 1 saturated heterocycles. The second kappa shape index (κ2) is 1.61. The predicted molar refractivity (Wildman–Crippen MR) is 25.4 cm³/mol. The van der Waals surface area contributed by atoms with Crippen molar-refractivity contribution in [2.24, 2.45) is 0 Å². The van der Waals surface area contributed by atoms with Crippen molar-refractivity contribution in [1.29, 1.82) is 0 Å². The first-order chi connectivity index (χ1) is 3.21. The summed E-state index contributed by atoms with van der Waals surface area (Å²) >= 11 is 0.426. The molecular formula is C2H4NO3S-. The van der Waals surface area contributed by atoms with Crippen molar-refractivity contribution >= 4 is 12.2 Å². The smallest absolute Gasteiger partial charge is 0.248 e. The molecule has 0 atom stereocenters. The topological polar surface area (TPSA) is 55.3 Å². The SMILES string of the molecule is [O-][N+]1([O-])CCOS1. The molecule has 0 aromatic heterocycles. The van der Waals surface area contributed by atoms with Crippen molar-refractivity contribution in [2.75, 3.05) is 13.2 Å². The lowest BCUT2D eigenvalue weighted by Gasteiger charge is -2.35. The van der Waals surface area contributed by atoms with Gasteiger partial charge in [-0.05, 0) is 0 Å². The minimum absolute atomic E-state index is 0.0185. The van der Waals surface area contributed by atoms with Gasteiger partial charge in [0.2, 0.25) is 12.2 Å². The van der Waals surface area contributed by atoms with Gasteiger partial charge in [-0.1, -0.05) is 0 Å². The Hall–Kier alpha value is 0.190. The van der Waals surface area contributed by atoms with Crippen LogP contribution in [0.25, 0.3) is 0 Å². The Balaban J connectivity index is 2.40. The van der Waals surface area contributed by atoms with E-state index in [4.69, 9.17) is 0 Å². The van der Waals surface area contributed by atoms with Crippen LogP contribution in [0.15, 0.2) is 0 Å². The van der Waals surface area contributed by atoms with Crippen LogP contribution < -0.4 is 0 Å². The minimum Gasteiger partial charge on any atom is -0.617 e. The zero-order valence-electron chi connectivity index (χ0n) is 3.49. The van der Waals surface area contributed by atoms with E-state index in [1.165, 1.54) is 0 Å². The molecule has 1 fully saturated rings. The molecule has 1 aliphatic heterocycles. The Morgan fingerprint density at radius 2 is 2.29 bits per heavy atom. The second-order valence-corrected chi connectivity index (χ2v) is 2.17. The molecule has 42 valence electrons. The second-order valence-electron chi connectivity index (χ2n) is 1.23. The quantitative estimate of drug-likeness (QED) is 0.202. The highest BCUT2D eigenvalue weighted by atomic mass is 32.2. The lowest BCUT2D eigenvalue weighted by molar-refractivity contribution is -0.674. The molecule has 7 heavy (non-hydrogen) atoms. The number of rotatable bonds is 0. The van der Waals surface area contributed by atoms with E-state index in [0.29, 0.717) is 12.2 Å². The van der Waals surface area contributed by atoms with Gasteiger partial charge in [0.05, 0.1) is 0 Å². The van der Waals surface area contributed by atoms with Crippen molar-refractivity contribution in [1.82, 2.24) is 0 Å². The van der Waals surface area contributed by atoms with E-state index < -0.39 is 4.21 Å². The molecule has 0 aliphatic carbocycles. The van der Waals surface area contributed by atoms with E-state index in [9.17, 15) is 10.4 Å². The van der Waals surface area contributed by atoms with Crippen molar-refractivity contribution in [3.8, 4) is 0 Å². The van der Waals surface area contributed by atoms with Crippen LogP contribution in [0.2, 0.25) is 0 Å². The van der Waals surface area contributed by atoms with Crippen LogP contribution in [0, 0.1) is 10.4 Å². The van der Waals surface area contributed by atoms with Crippen molar-refractivity contribution in [3.63, 3.8) is 0 Å². The van der Waals surface area contributed by atoms with Crippen molar-refractivity contribution in [3.05, 3.63) is 10.4 Å². The lowest BCUT2D eigenvalue weighted by Crippen LogP contribution is -2.23. The molecule has 1 rings (SSSR count). The molecule has 0 unspecified atom stereocenters. The van der Waals surface area contributed by atoms with Crippen LogP contribution in [0.1, 0.15) is 0 Å². The fourth-order valence-electron chi connectivity index (χ4n) is 0.304. The van der Waals surface area contributed by atoms with Crippen LogP contribution in [-0.4, -0.2) is 17.4 Å². The summed E-state index contributed by atoms with van der Waals surface area (Å²) in [5.41, 5.74) is 0. The number of hydrogen-bond donors (Lipinski definition) is 0. The van der Waals surface area contributed by atoms with Crippen molar-refractivity contribution < 1.29 is 8.40 Å². The molecule has 0 saturated carbocycles. The fraction of sp³-hybridized carbons (Fsp3) is 1.00. The van der Waals surface area contributed by atoms with E-state index in [0.717, 1.165) is 0 Å². The molecule has 0 bridgehead atoms. The molecule has 0 N–H and O–H groups in total. The van der Waals surface area contributed by atoms with Crippen LogP contribution >= 0.6 is 12.2 Å². The number of hydrogen-bond acceptors (Lipinski definition) is 4. The summed E-state index contributed by atoms with van der Waals surface area (Å²) in [4.78, 5) is 0. The van der Waals surface area contributed by atoms with Gasteiger partial charge in [-0.3, -0.25) is 4.18 Å². The summed E-state index contributed by atoms with van der Waals surface area (Å²) in [5.74, 6) is 0. The summed E-state index contributed by atoms with van der Waals surface area (Å²) in [6, 6.07) is 0. The van der Waals surface area contributed by atoms with Gasteiger partial charge in [-0.25, -0.2) is 0 Å². The Kier molecular flexibility index (Phi) is 1.22. The Labute approximate surface area is 45.1 Å². The van der Waals surface area contributed by atoms with Crippen LogP contribution in [0.3, 0.4) is 0 Å². The zero-order chi connectivity index (χ0) is 5.33. The van der Waals surface area contributed by atoms with Crippen LogP contribution in [0.4, 0.5) is 0 Å². The molecule has 1 aliphatic rings. The van der Waals surface area contributed by atoms with Gasteiger partial charge >= 0.3 is 0 Å². The maximum absolute atomic E-state index is 10.1. The average molecular weight is 122 g/mol. The van der Waals surface area contributed by atoms with Gasteiger partial charge in [0.1, 0.15) is 13.2 Å². The van der Waals surface area contributed by atoms with Gasteiger partial charge in [-0.2, -0.15) is 0 Å².